The highest BCUT2D eigenvalue weighted by atomic mass is 16.5. The van der Waals surface area contributed by atoms with E-state index in [1.54, 1.807) is 42.5 Å². The fourth-order valence-corrected chi connectivity index (χ4v) is 2.87. The summed E-state index contributed by atoms with van der Waals surface area (Å²) in [4.78, 5) is 38.2. The minimum Gasteiger partial charge on any atom is -0.504 e. The lowest BCUT2D eigenvalue weighted by Gasteiger charge is -2.26. The predicted octanol–water partition coefficient (Wildman–Crippen LogP) is 2.80. The van der Waals surface area contributed by atoms with Crippen molar-refractivity contribution in [2.45, 2.75) is 6.42 Å². The molecule has 0 unspecified atom stereocenters. The lowest BCUT2D eigenvalue weighted by molar-refractivity contribution is -0.122. The lowest BCUT2D eigenvalue weighted by atomic mass is 10.0. The third-order valence-electron chi connectivity index (χ3n) is 4.19. The SMILES string of the molecule is C=CCc1cc(/C=C2/C(=O)NC(=O)N(c3ccccc3)C2=O)cc(OC)c1O. The first-order chi connectivity index (χ1) is 13.5. The van der Waals surface area contributed by atoms with Gasteiger partial charge in [0.2, 0.25) is 0 Å². The number of rotatable bonds is 5. The maximum absolute atomic E-state index is 12.9. The maximum atomic E-state index is 12.9. The fraction of sp³-hybridized carbons (Fsp3) is 0.0952. The molecule has 28 heavy (non-hydrogen) atoms. The number of carbonyl (C=O) groups excluding carboxylic acids is 3. The number of amides is 4. The Labute approximate surface area is 161 Å². The third-order valence-corrected chi connectivity index (χ3v) is 4.19. The molecule has 1 fully saturated rings. The molecule has 7 nitrogen and oxygen atoms in total. The average molecular weight is 378 g/mol. The minimum absolute atomic E-state index is 0.0370. The van der Waals surface area contributed by atoms with Crippen molar-refractivity contribution in [1.29, 1.82) is 0 Å². The largest absolute Gasteiger partial charge is 0.504 e. The van der Waals surface area contributed by atoms with Crippen molar-refractivity contribution in [2.75, 3.05) is 12.0 Å². The van der Waals surface area contributed by atoms with Gasteiger partial charge >= 0.3 is 6.03 Å². The number of nitrogens with one attached hydrogen (secondary N) is 1. The number of barbiturate groups is 1. The van der Waals surface area contributed by atoms with E-state index in [1.165, 1.54) is 19.3 Å². The summed E-state index contributed by atoms with van der Waals surface area (Å²) in [6, 6.07) is 10.6. The quantitative estimate of drug-likeness (QED) is 0.474. The number of phenolic OH excluding ortho intramolecular Hbond substituents is 1. The van der Waals surface area contributed by atoms with Crippen LogP contribution in [-0.2, 0) is 16.0 Å². The van der Waals surface area contributed by atoms with Gasteiger partial charge in [-0.1, -0.05) is 24.3 Å². The monoisotopic (exact) mass is 378 g/mol. The number of aromatic hydroxyl groups is 1. The number of imide groups is 2. The standard InChI is InChI=1S/C21H18N2O5/c1-3-7-14-10-13(12-17(28-2)18(14)24)11-16-19(25)22-21(27)23(20(16)26)15-8-5-4-6-9-15/h3-6,8-12,24H,1,7H2,2H3,(H,22,25,27)/b16-11-. The van der Waals surface area contributed by atoms with Crippen molar-refractivity contribution in [3.8, 4) is 11.5 Å². The smallest absolute Gasteiger partial charge is 0.335 e. The Balaban J connectivity index is 2.06. The summed E-state index contributed by atoms with van der Waals surface area (Å²) in [6.07, 6.45) is 3.34. The molecule has 1 heterocycles. The number of benzene rings is 2. The van der Waals surface area contributed by atoms with Crippen molar-refractivity contribution in [3.05, 3.63) is 71.8 Å². The third kappa shape index (κ3) is 3.50. The van der Waals surface area contributed by atoms with Crippen LogP contribution in [0.1, 0.15) is 11.1 Å². The van der Waals surface area contributed by atoms with Gasteiger partial charge in [0.15, 0.2) is 11.5 Å². The Morgan fingerprint density at radius 2 is 1.89 bits per heavy atom. The Hall–Kier alpha value is -3.87. The number of hydrogen-bond donors (Lipinski definition) is 2. The molecule has 0 atom stereocenters. The Morgan fingerprint density at radius 3 is 2.54 bits per heavy atom. The number of nitrogens with zero attached hydrogens (tertiary/aromatic N) is 1. The summed E-state index contributed by atoms with van der Waals surface area (Å²) in [7, 11) is 1.40. The second-order valence-electron chi connectivity index (χ2n) is 6.02. The van der Waals surface area contributed by atoms with Crippen molar-refractivity contribution in [2.24, 2.45) is 0 Å². The van der Waals surface area contributed by atoms with Crippen molar-refractivity contribution in [3.63, 3.8) is 0 Å². The predicted molar refractivity (Wildman–Crippen MR) is 104 cm³/mol. The number of methoxy groups -OCH3 is 1. The van der Waals surface area contributed by atoms with Gasteiger partial charge in [-0.25, -0.2) is 9.69 Å². The number of carbonyl (C=O) groups is 3. The van der Waals surface area contributed by atoms with Crippen LogP contribution in [-0.4, -0.2) is 30.1 Å². The average Bonchev–Trinajstić information content (AvgIpc) is 2.68. The zero-order valence-corrected chi connectivity index (χ0v) is 15.1. The Kier molecular flexibility index (Phi) is 5.26. The molecule has 142 valence electrons. The highest BCUT2D eigenvalue weighted by molar-refractivity contribution is 6.39. The van der Waals surface area contributed by atoms with E-state index in [4.69, 9.17) is 4.74 Å². The number of phenols is 1. The number of para-hydroxylation sites is 1. The van der Waals surface area contributed by atoms with Crippen LogP contribution in [0.15, 0.2) is 60.7 Å². The second kappa shape index (κ2) is 7.79. The molecule has 1 aliphatic rings. The Bertz CT molecular complexity index is 995. The van der Waals surface area contributed by atoms with Gasteiger partial charge in [0.1, 0.15) is 5.57 Å². The van der Waals surface area contributed by atoms with Gasteiger partial charge in [-0.2, -0.15) is 0 Å². The van der Waals surface area contributed by atoms with E-state index >= 15 is 0 Å². The van der Waals surface area contributed by atoms with Gasteiger partial charge in [-0.05, 0) is 42.3 Å². The van der Waals surface area contributed by atoms with E-state index in [1.807, 2.05) is 0 Å². The normalized spacial score (nSPS) is 15.5. The molecular weight excluding hydrogens is 360 g/mol. The molecule has 0 radical (unpaired) electrons. The van der Waals surface area contributed by atoms with Crippen LogP contribution < -0.4 is 15.0 Å². The summed E-state index contributed by atoms with van der Waals surface area (Å²) in [5.41, 5.74) is 1.13. The van der Waals surface area contributed by atoms with Gasteiger partial charge in [-0.15, -0.1) is 6.58 Å². The van der Waals surface area contributed by atoms with Crippen LogP contribution in [0, 0.1) is 0 Å². The van der Waals surface area contributed by atoms with E-state index in [-0.39, 0.29) is 17.1 Å². The minimum atomic E-state index is -0.811. The molecule has 2 N–H and O–H groups in total. The second-order valence-corrected chi connectivity index (χ2v) is 6.02. The van der Waals surface area contributed by atoms with E-state index < -0.39 is 17.8 Å². The van der Waals surface area contributed by atoms with Gasteiger partial charge in [0.05, 0.1) is 12.8 Å². The molecule has 2 aromatic carbocycles. The molecule has 0 aliphatic carbocycles. The zero-order valence-electron chi connectivity index (χ0n) is 15.1. The first kappa shape index (κ1) is 18.9. The van der Waals surface area contributed by atoms with Crippen LogP contribution in [0.4, 0.5) is 10.5 Å². The molecule has 7 heteroatoms. The molecule has 4 amide bonds. The summed E-state index contributed by atoms with van der Waals surface area (Å²) < 4.78 is 5.16. The van der Waals surface area contributed by atoms with E-state index in [0.717, 1.165) is 4.90 Å². The number of ether oxygens (including phenoxy) is 1. The first-order valence-electron chi connectivity index (χ1n) is 8.43. The Morgan fingerprint density at radius 1 is 1.18 bits per heavy atom. The number of urea groups is 1. The molecule has 0 saturated carbocycles. The van der Waals surface area contributed by atoms with E-state index in [0.29, 0.717) is 23.2 Å². The van der Waals surface area contributed by atoms with Gasteiger partial charge in [-0.3, -0.25) is 14.9 Å². The lowest BCUT2D eigenvalue weighted by Crippen LogP contribution is -2.54. The summed E-state index contributed by atoms with van der Waals surface area (Å²) in [5.74, 6) is -1.37. The van der Waals surface area contributed by atoms with Crippen molar-refractivity contribution >= 4 is 29.6 Å². The summed E-state index contributed by atoms with van der Waals surface area (Å²) in [6.45, 7) is 3.64. The van der Waals surface area contributed by atoms with Crippen LogP contribution in [0.5, 0.6) is 11.5 Å². The van der Waals surface area contributed by atoms with Gasteiger partial charge in [0, 0.05) is 5.56 Å². The fourth-order valence-electron chi connectivity index (χ4n) is 2.87. The first-order valence-corrected chi connectivity index (χ1v) is 8.43. The highest BCUT2D eigenvalue weighted by Gasteiger charge is 2.36. The van der Waals surface area contributed by atoms with Crippen LogP contribution in [0.2, 0.25) is 0 Å². The highest BCUT2D eigenvalue weighted by Crippen LogP contribution is 2.33. The van der Waals surface area contributed by atoms with Crippen molar-refractivity contribution < 1.29 is 24.2 Å². The van der Waals surface area contributed by atoms with Crippen molar-refractivity contribution in [1.82, 2.24) is 5.32 Å². The van der Waals surface area contributed by atoms with E-state index in [9.17, 15) is 19.5 Å². The molecule has 0 aromatic heterocycles. The topological polar surface area (TPSA) is 95.9 Å². The van der Waals surface area contributed by atoms with Gasteiger partial charge in [0.25, 0.3) is 11.8 Å². The molecule has 2 aromatic rings. The molecule has 0 spiro atoms. The van der Waals surface area contributed by atoms with Crippen LogP contribution >= 0.6 is 0 Å². The zero-order chi connectivity index (χ0) is 20.3. The maximum Gasteiger partial charge on any atom is 0.335 e. The molecular formula is C21H18N2O5. The summed E-state index contributed by atoms with van der Waals surface area (Å²) >= 11 is 0. The van der Waals surface area contributed by atoms with Crippen LogP contribution in [0.25, 0.3) is 6.08 Å². The molecule has 0 bridgehead atoms. The summed E-state index contributed by atoms with van der Waals surface area (Å²) in [5, 5.41) is 12.4. The number of allylic oxidation sites excluding steroid dienone is 1. The number of anilines is 1. The molecule has 3 rings (SSSR count). The van der Waals surface area contributed by atoms with Crippen LogP contribution in [0.3, 0.4) is 0 Å². The molecule has 1 aliphatic heterocycles. The number of hydrogen-bond acceptors (Lipinski definition) is 5. The van der Waals surface area contributed by atoms with Gasteiger partial charge < -0.3 is 9.84 Å². The van der Waals surface area contributed by atoms with E-state index in [2.05, 4.69) is 11.9 Å². The molecule has 1 saturated heterocycles.